The summed E-state index contributed by atoms with van der Waals surface area (Å²) >= 11 is 5.84. The molecule has 0 aromatic heterocycles. The summed E-state index contributed by atoms with van der Waals surface area (Å²) in [5.41, 5.74) is 1.15. The van der Waals surface area contributed by atoms with E-state index in [1.165, 1.54) is 0 Å². The first kappa shape index (κ1) is 20.2. The van der Waals surface area contributed by atoms with Crippen LogP contribution in [-0.4, -0.2) is 29.9 Å². The molecule has 7 nitrogen and oxygen atoms in total. The van der Waals surface area contributed by atoms with Gasteiger partial charge < -0.3 is 20.9 Å². The van der Waals surface area contributed by atoms with E-state index in [0.29, 0.717) is 35.7 Å². The van der Waals surface area contributed by atoms with E-state index in [-0.39, 0.29) is 11.8 Å². The molecule has 3 N–H and O–H groups in total. The Balaban J connectivity index is 1.34. The third-order valence-electron chi connectivity index (χ3n) is 5.40. The lowest BCUT2D eigenvalue weighted by atomic mass is 10.1. The number of rotatable bonds is 5. The SMILES string of the molecule is O=C(Nc1ccc(Cl)cc1)NC1(C(=O)Nc2ccc(N3CCCCC3=O)cc2)CC1. The maximum Gasteiger partial charge on any atom is 0.320 e. The molecule has 0 unspecified atom stereocenters. The Morgan fingerprint density at radius 1 is 0.900 bits per heavy atom. The molecule has 0 radical (unpaired) electrons. The molecule has 1 saturated carbocycles. The molecular formula is C22H23ClN4O3. The van der Waals surface area contributed by atoms with Crippen molar-refractivity contribution in [3.05, 3.63) is 53.6 Å². The molecule has 2 aromatic rings. The summed E-state index contributed by atoms with van der Waals surface area (Å²) in [6, 6.07) is 13.5. The van der Waals surface area contributed by atoms with Gasteiger partial charge in [-0.15, -0.1) is 0 Å². The van der Waals surface area contributed by atoms with E-state index in [0.717, 1.165) is 25.1 Å². The fourth-order valence-electron chi connectivity index (χ4n) is 3.50. The van der Waals surface area contributed by atoms with Gasteiger partial charge in [0.25, 0.3) is 0 Å². The number of amides is 4. The number of hydrogen-bond donors (Lipinski definition) is 3. The highest BCUT2D eigenvalue weighted by atomic mass is 35.5. The van der Waals surface area contributed by atoms with Crippen molar-refractivity contribution in [1.82, 2.24) is 5.32 Å². The van der Waals surface area contributed by atoms with Crippen LogP contribution in [0.25, 0.3) is 0 Å². The lowest BCUT2D eigenvalue weighted by Gasteiger charge is -2.27. The Kier molecular flexibility index (Phi) is 5.63. The Morgan fingerprint density at radius 2 is 1.53 bits per heavy atom. The highest BCUT2D eigenvalue weighted by Crippen LogP contribution is 2.37. The predicted octanol–water partition coefficient (Wildman–Crippen LogP) is 4.15. The van der Waals surface area contributed by atoms with Crippen LogP contribution in [0.5, 0.6) is 0 Å². The summed E-state index contributed by atoms with van der Waals surface area (Å²) in [6.07, 6.45) is 3.66. The Morgan fingerprint density at radius 3 is 2.17 bits per heavy atom. The molecule has 1 heterocycles. The number of urea groups is 1. The lowest BCUT2D eigenvalue weighted by Crippen LogP contribution is -2.47. The summed E-state index contributed by atoms with van der Waals surface area (Å²) in [4.78, 5) is 38.8. The summed E-state index contributed by atoms with van der Waals surface area (Å²) in [7, 11) is 0. The van der Waals surface area contributed by atoms with Crippen molar-refractivity contribution in [1.29, 1.82) is 0 Å². The van der Waals surface area contributed by atoms with Crippen molar-refractivity contribution in [2.75, 3.05) is 22.1 Å². The van der Waals surface area contributed by atoms with Crippen molar-refractivity contribution in [2.45, 2.75) is 37.6 Å². The zero-order valence-corrected chi connectivity index (χ0v) is 17.2. The number of nitrogens with zero attached hydrogens (tertiary/aromatic N) is 1. The van der Waals surface area contributed by atoms with Gasteiger partial charge in [-0.3, -0.25) is 9.59 Å². The fraction of sp³-hybridized carbons (Fsp3) is 0.318. The molecule has 8 heteroatoms. The van der Waals surface area contributed by atoms with Crippen molar-refractivity contribution in [3.63, 3.8) is 0 Å². The summed E-state index contributed by atoms with van der Waals surface area (Å²) < 4.78 is 0. The molecule has 156 valence electrons. The van der Waals surface area contributed by atoms with Gasteiger partial charge in [0.2, 0.25) is 11.8 Å². The topological polar surface area (TPSA) is 90.5 Å². The number of halogens is 1. The first-order valence-corrected chi connectivity index (χ1v) is 10.4. The average molecular weight is 427 g/mol. The Labute approximate surface area is 179 Å². The molecule has 4 amide bonds. The molecule has 1 saturated heterocycles. The van der Waals surface area contributed by atoms with Gasteiger partial charge in [-0.05, 0) is 74.2 Å². The largest absolute Gasteiger partial charge is 0.324 e. The van der Waals surface area contributed by atoms with Crippen LogP contribution < -0.4 is 20.9 Å². The quantitative estimate of drug-likeness (QED) is 0.670. The van der Waals surface area contributed by atoms with Crippen molar-refractivity contribution >= 4 is 46.5 Å². The molecule has 2 aromatic carbocycles. The second kappa shape index (κ2) is 8.36. The van der Waals surface area contributed by atoms with Crippen LogP contribution in [0.4, 0.5) is 21.9 Å². The molecule has 0 spiro atoms. The normalized spacial score (nSPS) is 17.2. The molecular weight excluding hydrogens is 404 g/mol. The zero-order chi connectivity index (χ0) is 21.1. The number of nitrogens with one attached hydrogen (secondary N) is 3. The zero-order valence-electron chi connectivity index (χ0n) is 16.4. The van der Waals surface area contributed by atoms with Crippen LogP contribution in [0.3, 0.4) is 0 Å². The van der Waals surface area contributed by atoms with Crippen LogP contribution >= 0.6 is 11.6 Å². The predicted molar refractivity (Wildman–Crippen MR) is 117 cm³/mol. The minimum atomic E-state index is -0.905. The molecule has 1 aliphatic carbocycles. The summed E-state index contributed by atoms with van der Waals surface area (Å²) in [5, 5.41) is 8.92. The van der Waals surface area contributed by atoms with Crippen LogP contribution in [0.15, 0.2) is 48.5 Å². The summed E-state index contributed by atoms with van der Waals surface area (Å²) in [6.45, 7) is 0.723. The molecule has 4 rings (SSSR count). The number of carbonyl (C=O) groups is 3. The molecule has 30 heavy (non-hydrogen) atoms. The molecule has 1 aliphatic heterocycles. The number of hydrogen-bond acceptors (Lipinski definition) is 3. The van der Waals surface area contributed by atoms with Crippen molar-refractivity contribution in [2.24, 2.45) is 0 Å². The van der Waals surface area contributed by atoms with E-state index in [4.69, 9.17) is 11.6 Å². The minimum absolute atomic E-state index is 0.130. The highest BCUT2D eigenvalue weighted by molar-refractivity contribution is 6.30. The minimum Gasteiger partial charge on any atom is -0.324 e. The standard InChI is InChI=1S/C22H23ClN4O3/c23-15-4-6-17(7-5-15)25-21(30)26-22(12-13-22)20(29)24-16-8-10-18(11-9-16)27-14-2-1-3-19(27)28/h4-11H,1-3,12-14H2,(H,24,29)(H2,25,26,30). The van der Waals surface area contributed by atoms with Crippen molar-refractivity contribution < 1.29 is 14.4 Å². The van der Waals surface area contributed by atoms with Crippen LogP contribution in [0.1, 0.15) is 32.1 Å². The second-order valence-corrected chi connectivity index (χ2v) is 8.11. The molecule has 0 atom stereocenters. The van der Waals surface area contributed by atoms with Gasteiger partial charge in [0, 0.05) is 35.1 Å². The van der Waals surface area contributed by atoms with E-state index in [9.17, 15) is 14.4 Å². The fourth-order valence-corrected chi connectivity index (χ4v) is 3.63. The first-order chi connectivity index (χ1) is 14.4. The van der Waals surface area contributed by atoms with Crippen LogP contribution in [0.2, 0.25) is 5.02 Å². The monoisotopic (exact) mass is 426 g/mol. The molecule has 0 bridgehead atoms. The van der Waals surface area contributed by atoms with Gasteiger partial charge in [-0.1, -0.05) is 11.6 Å². The number of benzene rings is 2. The van der Waals surface area contributed by atoms with Gasteiger partial charge in [0.15, 0.2) is 0 Å². The number of piperidine rings is 1. The van der Waals surface area contributed by atoms with Gasteiger partial charge >= 0.3 is 6.03 Å². The smallest absolute Gasteiger partial charge is 0.320 e. The maximum absolute atomic E-state index is 12.7. The van der Waals surface area contributed by atoms with E-state index >= 15 is 0 Å². The van der Waals surface area contributed by atoms with E-state index < -0.39 is 11.6 Å². The lowest BCUT2D eigenvalue weighted by molar-refractivity contribution is -0.120. The van der Waals surface area contributed by atoms with Crippen LogP contribution in [0, 0.1) is 0 Å². The number of anilines is 3. The van der Waals surface area contributed by atoms with Crippen LogP contribution in [-0.2, 0) is 9.59 Å². The van der Waals surface area contributed by atoms with Gasteiger partial charge in [-0.25, -0.2) is 4.79 Å². The van der Waals surface area contributed by atoms with Gasteiger partial charge in [-0.2, -0.15) is 0 Å². The first-order valence-electron chi connectivity index (χ1n) is 10.0. The average Bonchev–Trinajstić information content (AvgIpc) is 3.51. The third-order valence-corrected chi connectivity index (χ3v) is 5.65. The van der Waals surface area contributed by atoms with E-state index in [1.807, 2.05) is 12.1 Å². The molecule has 2 fully saturated rings. The second-order valence-electron chi connectivity index (χ2n) is 7.67. The van der Waals surface area contributed by atoms with Gasteiger partial charge in [0.1, 0.15) is 5.54 Å². The number of carbonyl (C=O) groups excluding carboxylic acids is 3. The maximum atomic E-state index is 12.7. The molecule has 2 aliphatic rings. The van der Waals surface area contributed by atoms with Crippen molar-refractivity contribution in [3.8, 4) is 0 Å². The van der Waals surface area contributed by atoms with Gasteiger partial charge in [0.05, 0.1) is 0 Å². The summed E-state index contributed by atoms with van der Waals surface area (Å²) in [5.74, 6) is -0.124. The third kappa shape index (κ3) is 4.57. The van der Waals surface area contributed by atoms with E-state index in [1.54, 1.807) is 41.3 Å². The van der Waals surface area contributed by atoms with E-state index in [2.05, 4.69) is 16.0 Å². The highest BCUT2D eigenvalue weighted by Gasteiger charge is 2.51. The Hall–Kier alpha value is -3.06. The Bertz CT molecular complexity index is 955.